The zero-order chi connectivity index (χ0) is 11.8. The molecule has 0 aliphatic rings. The minimum atomic E-state index is 0.0402. The van der Waals surface area contributed by atoms with E-state index in [0.29, 0.717) is 12.4 Å². The van der Waals surface area contributed by atoms with Gasteiger partial charge in [-0.15, -0.1) is 11.8 Å². The maximum absolute atomic E-state index is 11.5. The smallest absolute Gasteiger partial charge is 0.230 e. The van der Waals surface area contributed by atoms with E-state index in [1.54, 1.807) is 7.11 Å². The molecule has 1 amide bonds. The molecule has 1 N–H and O–H groups in total. The molecule has 0 aliphatic heterocycles. The van der Waals surface area contributed by atoms with Crippen LogP contribution in [0.2, 0.25) is 0 Å². The minimum absolute atomic E-state index is 0.0402. The maximum atomic E-state index is 11.5. The number of nitrogens with one attached hydrogen (secondary N) is 1. The van der Waals surface area contributed by atoms with Gasteiger partial charge in [0, 0.05) is 18.0 Å². The standard InChI is InChI=1S/C12H17NO2S/c1-10(8-15-2)13-12(14)9-16-11-6-4-3-5-7-11/h3-7,10H,8-9H2,1-2H3,(H,13,14)/t10-/m1/s1. The van der Waals surface area contributed by atoms with Crippen molar-refractivity contribution in [2.24, 2.45) is 0 Å². The Morgan fingerprint density at radius 3 is 2.75 bits per heavy atom. The average Bonchev–Trinajstić information content (AvgIpc) is 2.28. The first-order valence-electron chi connectivity index (χ1n) is 5.18. The van der Waals surface area contributed by atoms with Gasteiger partial charge in [-0.1, -0.05) is 18.2 Å². The molecule has 0 unspecified atom stereocenters. The monoisotopic (exact) mass is 239 g/mol. The maximum Gasteiger partial charge on any atom is 0.230 e. The molecule has 0 bridgehead atoms. The van der Waals surface area contributed by atoms with Crippen LogP contribution in [0.25, 0.3) is 0 Å². The molecule has 0 aliphatic carbocycles. The summed E-state index contributed by atoms with van der Waals surface area (Å²) in [5.74, 6) is 0.483. The Morgan fingerprint density at radius 1 is 1.44 bits per heavy atom. The normalized spacial score (nSPS) is 12.1. The zero-order valence-corrected chi connectivity index (χ0v) is 10.4. The van der Waals surface area contributed by atoms with E-state index in [1.165, 1.54) is 11.8 Å². The van der Waals surface area contributed by atoms with Crippen molar-refractivity contribution < 1.29 is 9.53 Å². The molecular weight excluding hydrogens is 222 g/mol. The molecule has 0 saturated carbocycles. The molecule has 0 radical (unpaired) electrons. The van der Waals surface area contributed by atoms with Crippen LogP contribution >= 0.6 is 11.8 Å². The van der Waals surface area contributed by atoms with E-state index in [1.807, 2.05) is 37.3 Å². The highest BCUT2D eigenvalue weighted by atomic mass is 32.2. The Hall–Kier alpha value is -1.00. The highest BCUT2D eigenvalue weighted by molar-refractivity contribution is 8.00. The molecule has 3 nitrogen and oxygen atoms in total. The van der Waals surface area contributed by atoms with Gasteiger partial charge in [-0.05, 0) is 19.1 Å². The Morgan fingerprint density at radius 2 is 2.12 bits per heavy atom. The zero-order valence-electron chi connectivity index (χ0n) is 9.60. The van der Waals surface area contributed by atoms with Gasteiger partial charge in [-0.3, -0.25) is 4.79 Å². The van der Waals surface area contributed by atoms with Crippen LogP contribution in [0.4, 0.5) is 0 Å². The molecule has 0 heterocycles. The fraction of sp³-hybridized carbons (Fsp3) is 0.417. The summed E-state index contributed by atoms with van der Waals surface area (Å²) in [5, 5.41) is 2.87. The fourth-order valence-electron chi connectivity index (χ4n) is 1.27. The van der Waals surface area contributed by atoms with Gasteiger partial charge in [-0.25, -0.2) is 0 Å². The second-order valence-electron chi connectivity index (χ2n) is 3.53. The molecule has 4 heteroatoms. The third-order valence-corrected chi connectivity index (χ3v) is 2.95. The van der Waals surface area contributed by atoms with Crippen molar-refractivity contribution in [2.45, 2.75) is 17.9 Å². The number of amides is 1. The van der Waals surface area contributed by atoms with Crippen molar-refractivity contribution in [1.29, 1.82) is 0 Å². The van der Waals surface area contributed by atoms with Crippen molar-refractivity contribution in [3.05, 3.63) is 30.3 Å². The lowest BCUT2D eigenvalue weighted by atomic mass is 10.3. The Balaban J connectivity index is 2.25. The molecule has 0 fully saturated rings. The number of carbonyl (C=O) groups excluding carboxylic acids is 1. The summed E-state index contributed by atoms with van der Waals surface area (Å²) >= 11 is 1.54. The first-order valence-corrected chi connectivity index (χ1v) is 6.17. The highest BCUT2D eigenvalue weighted by Gasteiger charge is 2.06. The molecule has 1 aromatic carbocycles. The van der Waals surface area contributed by atoms with Crippen LogP contribution in [0.15, 0.2) is 35.2 Å². The lowest BCUT2D eigenvalue weighted by Crippen LogP contribution is -2.36. The van der Waals surface area contributed by atoms with E-state index >= 15 is 0 Å². The van der Waals surface area contributed by atoms with E-state index in [0.717, 1.165) is 4.90 Å². The number of hydrogen-bond donors (Lipinski definition) is 1. The van der Waals surface area contributed by atoms with Crippen molar-refractivity contribution in [1.82, 2.24) is 5.32 Å². The van der Waals surface area contributed by atoms with Crippen LogP contribution in [0, 0.1) is 0 Å². The summed E-state index contributed by atoms with van der Waals surface area (Å²) in [5.41, 5.74) is 0. The number of ether oxygens (including phenoxy) is 1. The molecule has 16 heavy (non-hydrogen) atoms. The number of carbonyl (C=O) groups is 1. The molecule has 88 valence electrons. The number of benzene rings is 1. The molecule has 1 rings (SSSR count). The van der Waals surface area contributed by atoms with E-state index in [-0.39, 0.29) is 11.9 Å². The van der Waals surface area contributed by atoms with Crippen LogP contribution in [-0.2, 0) is 9.53 Å². The number of rotatable bonds is 6. The van der Waals surface area contributed by atoms with Crippen molar-refractivity contribution in [2.75, 3.05) is 19.5 Å². The molecular formula is C12H17NO2S. The van der Waals surface area contributed by atoms with Crippen LogP contribution in [-0.4, -0.2) is 31.4 Å². The Kier molecular flexibility index (Phi) is 5.96. The molecule has 1 atom stereocenters. The largest absolute Gasteiger partial charge is 0.383 e. The second kappa shape index (κ2) is 7.30. The summed E-state index contributed by atoms with van der Waals surface area (Å²) in [6.07, 6.45) is 0. The predicted octanol–water partition coefficient (Wildman–Crippen LogP) is 1.93. The third kappa shape index (κ3) is 5.19. The quantitative estimate of drug-likeness (QED) is 0.771. The lowest BCUT2D eigenvalue weighted by molar-refractivity contribution is -0.119. The van der Waals surface area contributed by atoms with E-state index in [2.05, 4.69) is 5.32 Å². The summed E-state index contributed by atoms with van der Waals surface area (Å²) in [6, 6.07) is 9.95. The molecule has 0 aromatic heterocycles. The van der Waals surface area contributed by atoms with Gasteiger partial charge in [0.1, 0.15) is 0 Å². The number of methoxy groups -OCH3 is 1. The van der Waals surface area contributed by atoms with Crippen molar-refractivity contribution in [3.63, 3.8) is 0 Å². The topological polar surface area (TPSA) is 38.3 Å². The summed E-state index contributed by atoms with van der Waals surface area (Å²) < 4.78 is 4.95. The predicted molar refractivity (Wildman–Crippen MR) is 66.6 cm³/mol. The first kappa shape index (κ1) is 13.1. The first-order chi connectivity index (χ1) is 7.72. The fourth-order valence-corrected chi connectivity index (χ4v) is 2.00. The van der Waals surface area contributed by atoms with Crippen molar-refractivity contribution >= 4 is 17.7 Å². The SMILES string of the molecule is COC[C@@H](C)NC(=O)CSc1ccccc1. The van der Waals surface area contributed by atoms with Gasteiger partial charge in [0.05, 0.1) is 12.4 Å². The lowest BCUT2D eigenvalue weighted by Gasteiger charge is -2.12. The molecule has 0 spiro atoms. The average molecular weight is 239 g/mol. The van der Waals surface area contributed by atoms with Crippen LogP contribution < -0.4 is 5.32 Å². The van der Waals surface area contributed by atoms with Gasteiger partial charge in [-0.2, -0.15) is 0 Å². The number of thioether (sulfide) groups is 1. The van der Waals surface area contributed by atoms with Crippen LogP contribution in [0.5, 0.6) is 0 Å². The summed E-state index contributed by atoms with van der Waals surface area (Å²) in [4.78, 5) is 12.6. The molecule has 0 saturated heterocycles. The van der Waals surface area contributed by atoms with Gasteiger partial charge < -0.3 is 10.1 Å². The van der Waals surface area contributed by atoms with Crippen LogP contribution in [0.1, 0.15) is 6.92 Å². The highest BCUT2D eigenvalue weighted by Crippen LogP contribution is 2.16. The van der Waals surface area contributed by atoms with Gasteiger partial charge >= 0.3 is 0 Å². The summed E-state index contributed by atoms with van der Waals surface area (Å²) in [6.45, 7) is 2.47. The van der Waals surface area contributed by atoms with E-state index in [9.17, 15) is 4.79 Å². The van der Waals surface area contributed by atoms with Crippen LogP contribution in [0.3, 0.4) is 0 Å². The second-order valence-corrected chi connectivity index (χ2v) is 4.57. The van der Waals surface area contributed by atoms with Crippen molar-refractivity contribution in [3.8, 4) is 0 Å². The van der Waals surface area contributed by atoms with E-state index < -0.39 is 0 Å². The van der Waals surface area contributed by atoms with Gasteiger partial charge in [0.2, 0.25) is 5.91 Å². The van der Waals surface area contributed by atoms with Gasteiger partial charge in [0.25, 0.3) is 0 Å². The molecule has 1 aromatic rings. The van der Waals surface area contributed by atoms with E-state index in [4.69, 9.17) is 4.74 Å². The third-order valence-electron chi connectivity index (χ3n) is 1.94. The number of hydrogen-bond acceptors (Lipinski definition) is 3. The summed E-state index contributed by atoms with van der Waals surface area (Å²) in [7, 11) is 1.63. The Bertz CT molecular complexity index is 316. The minimum Gasteiger partial charge on any atom is -0.383 e. The van der Waals surface area contributed by atoms with Gasteiger partial charge in [0.15, 0.2) is 0 Å². The Labute approximate surface area is 101 Å².